The molecule has 0 N–H and O–H groups in total. The second kappa shape index (κ2) is 5.98. The Morgan fingerprint density at radius 1 is 1.32 bits per heavy atom. The summed E-state index contributed by atoms with van der Waals surface area (Å²) in [5.74, 6) is -0.537. The molecule has 0 unspecified atom stereocenters. The summed E-state index contributed by atoms with van der Waals surface area (Å²) < 4.78 is 11.5. The summed E-state index contributed by atoms with van der Waals surface area (Å²) in [5.41, 5.74) is 2.05. The molecular formula is C17H25ClO3Si. The van der Waals surface area contributed by atoms with Crippen LogP contribution in [0.2, 0.25) is 23.2 Å². The Labute approximate surface area is 139 Å². The number of ether oxygens (including phenoxy) is 1. The summed E-state index contributed by atoms with van der Waals surface area (Å²) in [7, 11) is -0.580. The lowest BCUT2D eigenvalue weighted by molar-refractivity contribution is -0.148. The van der Waals surface area contributed by atoms with Gasteiger partial charge in [-0.1, -0.05) is 44.5 Å². The number of hydrogen-bond acceptors (Lipinski definition) is 3. The minimum absolute atomic E-state index is 0.0784. The number of halogens is 1. The highest BCUT2D eigenvalue weighted by atomic mass is 35.5. The smallest absolute Gasteiger partial charge is 0.311 e. The summed E-state index contributed by atoms with van der Waals surface area (Å²) in [6, 6.07) is 5.80. The van der Waals surface area contributed by atoms with E-state index in [4.69, 9.17) is 20.8 Å². The van der Waals surface area contributed by atoms with E-state index < -0.39 is 8.32 Å². The van der Waals surface area contributed by atoms with Crippen molar-refractivity contribution >= 4 is 25.9 Å². The Bertz CT molecular complexity index is 578. The fourth-order valence-electron chi connectivity index (χ4n) is 2.60. The van der Waals surface area contributed by atoms with E-state index in [2.05, 4.69) is 33.9 Å². The van der Waals surface area contributed by atoms with Gasteiger partial charge in [0.1, 0.15) is 0 Å². The number of methoxy groups -OCH3 is 1. The average Bonchev–Trinajstić information content (AvgIpc) is 2.76. The van der Waals surface area contributed by atoms with Gasteiger partial charge in [0.2, 0.25) is 0 Å². The third kappa shape index (κ3) is 3.10. The van der Waals surface area contributed by atoms with Gasteiger partial charge in [-0.2, -0.15) is 0 Å². The Morgan fingerprint density at radius 2 is 1.95 bits per heavy atom. The van der Waals surface area contributed by atoms with E-state index in [-0.39, 0.29) is 23.0 Å². The maximum Gasteiger partial charge on any atom is 0.311 e. The Hall–Kier alpha value is -0.843. The SMILES string of the molecule is COC(=O)[C@H]1Cc2c(Cl)cccc2[C@H]1O[Si](C)(C)C(C)(C)C. The lowest BCUT2D eigenvalue weighted by Crippen LogP contribution is -2.43. The Morgan fingerprint density at radius 3 is 2.50 bits per heavy atom. The second-order valence-corrected chi connectivity index (χ2v) is 12.6. The molecule has 0 aliphatic heterocycles. The molecule has 0 heterocycles. The van der Waals surface area contributed by atoms with Crippen molar-refractivity contribution < 1.29 is 14.0 Å². The monoisotopic (exact) mass is 340 g/mol. The first-order chi connectivity index (χ1) is 10.1. The average molecular weight is 341 g/mol. The number of rotatable bonds is 3. The van der Waals surface area contributed by atoms with Crippen LogP contribution in [0.15, 0.2) is 18.2 Å². The van der Waals surface area contributed by atoms with Crippen LogP contribution < -0.4 is 0 Å². The van der Waals surface area contributed by atoms with Gasteiger partial charge >= 0.3 is 5.97 Å². The topological polar surface area (TPSA) is 35.5 Å². The molecule has 0 spiro atoms. The molecule has 0 aromatic heterocycles. The molecule has 3 nitrogen and oxygen atoms in total. The Balaban J connectivity index is 2.41. The summed E-state index contributed by atoms with van der Waals surface area (Å²) in [5, 5.41) is 0.780. The zero-order valence-corrected chi connectivity index (χ0v) is 16.0. The van der Waals surface area contributed by atoms with Crippen LogP contribution in [0.4, 0.5) is 0 Å². The van der Waals surface area contributed by atoms with E-state index in [0.29, 0.717) is 11.4 Å². The van der Waals surface area contributed by atoms with Crippen LogP contribution in [-0.2, 0) is 20.4 Å². The van der Waals surface area contributed by atoms with Crippen molar-refractivity contribution in [3.05, 3.63) is 34.3 Å². The number of hydrogen-bond donors (Lipinski definition) is 0. The van der Waals surface area contributed by atoms with Gasteiger partial charge in [0.25, 0.3) is 0 Å². The number of fused-ring (bicyclic) bond motifs is 1. The highest BCUT2D eigenvalue weighted by molar-refractivity contribution is 6.74. The van der Waals surface area contributed by atoms with E-state index in [1.54, 1.807) is 0 Å². The number of benzene rings is 1. The van der Waals surface area contributed by atoms with E-state index >= 15 is 0 Å². The number of carbonyl (C=O) groups is 1. The first-order valence-electron chi connectivity index (χ1n) is 7.61. The molecule has 0 radical (unpaired) electrons. The van der Waals surface area contributed by atoms with Crippen LogP contribution >= 0.6 is 11.6 Å². The maximum atomic E-state index is 12.2. The molecular weight excluding hydrogens is 316 g/mol. The van der Waals surface area contributed by atoms with Crippen LogP contribution in [0.25, 0.3) is 0 Å². The number of esters is 1. The van der Waals surface area contributed by atoms with Crippen LogP contribution in [-0.4, -0.2) is 21.4 Å². The molecule has 2 rings (SSSR count). The van der Waals surface area contributed by atoms with E-state index in [1.165, 1.54) is 7.11 Å². The molecule has 122 valence electrons. The van der Waals surface area contributed by atoms with Gasteiger partial charge in [-0.05, 0) is 41.7 Å². The molecule has 0 bridgehead atoms. The zero-order chi connectivity index (χ0) is 16.7. The van der Waals surface area contributed by atoms with Gasteiger partial charge in [-0.3, -0.25) is 4.79 Å². The molecule has 0 amide bonds. The van der Waals surface area contributed by atoms with Crippen molar-refractivity contribution in [2.75, 3.05) is 7.11 Å². The lowest BCUT2D eigenvalue weighted by Gasteiger charge is -2.39. The summed E-state index contributed by atoms with van der Waals surface area (Å²) in [6.45, 7) is 11.0. The zero-order valence-electron chi connectivity index (χ0n) is 14.2. The molecule has 5 heteroatoms. The van der Waals surface area contributed by atoms with Gasteiger partial charge < -0.3 is 9.16 Å². The fraction of sp³-hybridized carbons (Fsp3) is 0.588. The second-order valence-electron chi connectivity index (χ2n) is 7.44. The molecule has 0 saturated heterocycles. The van der Waals surface area contributed by atoms with Crippen molar-refractivity contribution in [2.45, 2.75) is 51.4 Å². The first-order valence-corrected chi connectivity index (χ1v) is 10.9. The van der Waals surface area contributed by atoms with Gasteiger partial charge in [0.05, 0.1) is 19.1 Å². The first kappa shape index (κ1) is 17.5. The van der Waals surface area contributed by atoms with Gasteiger partial charge in [-0.15, -0.1) is 0 Å². The Kier molecular flexibility index (Phi) is 4.76. The predicted octanol–water partition coefficient (Wildman–Crippen LogP) is 4.75. The van der Waals surface area contributed by atoms with Crippen molar-refractivity contribution in [2.24, 2.45) is 5.92 Å². The van der Waals surface area contributed by atoms with Crippen LogP contribution in [0.3, 0.4) is 0 Å². The molecule has 22 heavy (non-hydrogen) atoms. The molecule has 0 fully saturated rings. The highest BCUT2D eigenvalue weighted by Crippen LogP contribution is 2.47. The van der Waals surface area contributed by atoms with Crippen molar-refractivity contribution in [1.82, 2.24) is 0 Å². The summed E-state index contributed by atoms with van der Waals surface area (Å²) in [6.07, 6.45) is 0.322. The normalized spacial score (nSPS) is 21.6. The molecule has 1 aliphatic carbocycles. The maximum absolute atomic E-state index is 12.2. The molecule has 0 saturated carbocycles. The third-order valence-electron chi connectivity index (χ3n) is 4.98. The molecule has 1 aliphatic rings. The third-order valence-corrected chi connectivity index (χ3v) is 9.79. The summed E-state index contributed by atoms with van der Waals surface area (Å²) in [4.78, 5) is 12.2. The van der Waals surface area contributed by atoms with E-state index in [0.717, 1.165) is 11.1 Å². The lowest BCUT2D eigenvalue weighted by atomic mass is 10.0. The van der Waals surface area contributed by atoms with Gasteiger partial charge in [0, 0.05) is 5.02 Å². The van der Waals surface area contributed by atoms with Gasteiger partial charge in [0.15, 0.2) is 8.32 Å². The molecule has 1 aromatic rings. The largest absolute Gasteiger partial charge is 0.469 e. The standard InChI is InChI=1S/C17H25ClO3Si/c1-17(2,3)22(5,6)21-15-11-8-7-9-14(18)12(11)10-13(15)16(19)20-4/h7-9,13,15H,10H2,1-6H3/t13-,15+/m0/s1. The van der Waals surface area contributed by atoms with E-state index in [9.17, 15) is 4.79 Å². The van der Waals surface area contributed by atoms with Gasteiger partial charge in [-0.25, -0.2) is 0 Å². The fourth-order valence-corrected chi connectivity index (χ4v) is 4.14. The minimum Gasteiger partial charge on any atom is -0.469 e. The molecule has 1 aromatic carbocycles. The van der Waals surface area contributed by atoms with Crippen LogP contribution in [0.5, 0.6) is 0 Å². The quantitative estimate of drug-likeness (QED) is 0.588. The van der Waals surface area contributed by atoms with Crippen LogP contribution in [0.1, 0.15) is 38.0 Å². The molecule has 2 atom stereocenters. The summed E-state index contributed by atoms with van der Waals surface area (Å²) >= 11 is 6.31. The van der Waals surface area contributed by atoms with Crippen molar-refractivity contribution in [1.29, 1.82) is 0 Å². The van der Waals surface area contributed by atoms with Crippen molar-refractivity contribution in [3.63, 3.8) is 0 Å². The highest BCUT2D eigenvalue weighted by Gasteiger charge is 2.46. The van der Waals surface area contributed by atoms with Crippen LogP contribution in [0, 0.1) is 5.92 Å². The van der Waals surface area contributed by atoms with E-state index in [1.807, 2.05) is 18.2 Å². The number of carbonyl (C=O) groups excluding carboxylic acids is 1. The minimum atomic E-state index is -2.01. The van der Waals surface area contributed by atoms with Crippen molar-refractivity contribution in [3.8, 4) is 0 Å². The predicted molar refractivity (Wildman–Crippen MR) is 91.7 cm³/mol.